The number of aliphatic hydroxyl groups is 1. The lowest BCUT2D eigenvalue weighted by Gasteiger charge is -2.23. The van der Waals surface area contributed by atoms with E-state index in [-0.39, 0.29) is 4.48 Å². The standard InChI is InChI=1S/C7H13NO4/c1-8(2,3)7(12)5(9)4-6(10)11/h5,9H,4H2,1-3H3. The van der Waals surface area contributed by atoms with Crippen molar-refractivity contribution in [1.82, 2.24) is 0 Å². The number of carbonyl (C=O) groups is 2. The Hall–Kier alpha value is -0.940. The first kappa shape index (κ1) is 11.1. The molecule has 1 unspecified atom stereocenters. The van der Waals surface area contributed by atoms with Crippen molar-refractivity contribution in [1.29, 1.82) is 0 Å². The van der Waals surface area contributed by atoms with Crippen LogP contribution in [0.15, 0.2) is 0 Å². The maximum atomic E-state index is 11.1. The number of carboxylic acid groups (broad SMARTS) is 1. The summed E-state index contributed by atoms with van der Waals surface area (Å²) in [7, 11) is 4.67. The summed E-state index contributed by atoms with van der Waals surface area (Å²) in [6.07, 6.45) is -2.12. The second-order valence-corrected chi connectivity index (χ2v) is 3.44. The number of carbonyl (C=O) groups excluding carboxylic acids is 2. The molecule has 5 nitrogen and oxygen atoms in total. The Morgan fingerprint density at radius 3 is 2.08 bits per heavy atom. The maximum absolute atomic E-state index is 11.1. The number of carboxylic acids is 1. The van der Waals surface area contributed by atoms with E-state index in [4.69, 9.17) is 5.11 Å². The topological polar surface area (TPSA) is 77.4 Å². The summed E-state index contributed by atoms with van der Waals surface area (Å²) in [6.45, 7) is 0. The van der Waals surface area contributed by atoms with Crippen LogP contribution in [0.4, 0.5) is 0 Å². The molecule has 0 fully saturated rings. The summed E-state index contributed by atoms with van der Waals surface area (Å²) in [5.41, 5.74) is 0. The largest absolute Gasteiger partial charge is 0.550 e. The molecule has 0 aromatic rings. The number of hydrogen-bond acceptors (Lipinski definition) is 4. The Morgan fingerprint density at radius 2 is 1.83 bits per heavy atom. The molecular weight excluding hydrogens is 162 g/mol. The molecule has 0 saturated heterocycles. The van der Waals surface area contributed by atoms with Gasteiger partial charge in [-0.15, -0.1) is 0 Å². The lowest BCUT2D eigenvalue weighted by atomic mass is 10.2. The van der Waals surface area contributed by atoms with Gasteiger partial charge in [0.1, 0.15) is 0 Å². The normalized spacial score (nSPS) is 14.0. The van der Waals surface area contributed by atoms with E-state index in [0.717, 1.165) is 0 Å². The number of aliphatic carboxylic acids is 1. The van der Waals surface area contributed by atoms with Crippen LogP contribution < -0.4 is 5.11 Å². The number of rotatable bonds is 3. The molecule has 1 amide bonds. The van der Waals surface area contributed by atoms with Gasteiger partial charge < -0.3 is 15.0 Å². The molecule has 0 bridgehead atoms. The fraction of sp³-hybridized carbons (Fsp3) is 0.714. The predicted octanol–water partition coefficient (Wildman–Crippen LogP) is -2.28. The monoisotopic (exact) mass is 175 g/mol. The molecule has 0 saturated carbocycles. The van der Waals surface area contributed by atoms with E-state index in [0.29, 0.717) is 0 Å². The number of amides is 1. The van der Waals surface area contributed by atoms with Crippen LogP contribution >= 0.6 is 0 Å². The summed E-state index contributed by atoms with van der Waals surface area (Å²) in [5.74, 6) is -1.97. The minimum absolute atomic E-state index is 0.103. The highest BCUT2D eigenvalue weighted by atomic mass is 16.4. The van der Waals surface area contributed by atoms with Gasteiger partial charge >= 0.3 is 5.91 Å². The molecule has 0 spiro atoms. The van der Waals surface area contributed by atoms with Gasteiger partial charge in [-0.3, -0.25) is 4.48 Å². The summed E-state index contributed by atoms with van der Waals surface area (Å²) in [4.78, 5) is 21.1. The zero-order valence-electron chi connectivity index (χ0n) is 7.40. The first-order chi connectivity index (χ1) is 5.25. The van der Waals surface area contributed by atoms with E-state index in [2.05, 4.69) is 0 Å². The third kappa shape index (κ3) is 3.45. The average molecular weight is 175 g/mol. The molecular formula is C7H13NO4. The van der Waals surface area contributed by atoms with E-state index in [1.54, 1.807) is 21.1 Å². The van der Waals surface area contributed by atoms with Gasteiger partial charge in [-0.05, 0) is 0 Å². The minimum atomic E-state index is -1.48. The molecule has 0 heterocycles. The zero-order chi connectivity index (χ0) is 9.94. The van der Waals surface area contributed by atoms with E-state index in [1.807, 2.05) is 0 Å². The number of aliphatic hydroxyl groups excluding tert-OH is 1. The number of hydrogen-bond donors (Lipinski definition) is 1. The van der Waals surface area contributed by atoms with E-state index in [9.17, 15) is 14.7 Å². The summed E-state index contributed by atoms with van der Waals surface area (Å²) in [5, 5.41) is 19.0. The van der Waals surface area contributed by atoms with Gasteiger partial charge in [0.2, 0.25) is 0 Å². The summed E-state index contributed by atoms with van der Waals surface area (Å²) >= 11 is 0. The second-order valence-electron chi connectivity index (χ2n) is 3.44. The SMILES string of the molecule is C[N+](C)(C)C(=O)C(O)CC(=O)[O-]. The van der Waals surface area contributed by atoms with Crippen LogP contribution in [0, 0.1) is 0 Å². The molecule has 0 aromatic heterocycles. The third-order valence-electron chi connectivity index (χ3n) is 1.31. The van der Waals surface area contributed by atoms with Crippen molar-refractivity contribution in [3.63, 3.8) is 0 Å². The van der Waals surface area contributed by atoms with E-state index < -0.39 is 24.4 Å². The fourth-order valence-electron chi connectivity index (χ4n) is 0.692. The summed E-state index contributed by atoms with van der Waals surface area (Å²) in [6, 6.07) is 0. The van der Waals surface area contributed by atoms with Gasteiger partial charge in [0.05, 0.1) is 21.1 Å². The lowest BCUT2D eigenvalue weighted by Crippen LogP contribution is -2.49. The van der Waals surface area contributed by atoms with E-state index >= 15 is 0 Å². The van der Waals surface area contributed by atoms with Crippen molar-refractivity contribution in [2.75, 3.05) is 21.1 Å². The number of nitrogens with zero attached hydrogens (tertiary/aromatic N) is 1. The Morgan fingerprint density at radius 1 is 1.42 bits per heavy atom. The second kappa shape index (κ2) is 3.64. The molecule has 12 heavy (non-hydrogen) atoms. The van der Waals surface area contributed by atoms with Gasteiger partial charge in [-0.25, -0.2) is 4.79 Å². The van der Waals surface area contributed by atoms with Crippen LogP contribution in [0.3, 0.4) is 0 Å². The highest BCUT2D eigenvalue weighted by Crippen LogP contribution is 2.00. The first-order valence-corrected chi connectivity index (χ1v) is 3.49. The predicted molar refractivity (Wildman–Crippen MR) is 38.7 cm³/mol. The molecule has 0 radical (unpaired) electrons. The van der Waals surface area contributed by atoms with Crippen molar-refractivity contribution in [2.24, 2.45) is 0 Å². The van der Waals surface area contributed by atoms with Crippen LogP contribution in [0.5, 0.6) is 0 Å². The number of likely N-dealkylation sites (N-methyl/N-ethyl adjacent to an activating group) is 1. The minimum Gasteiger partial charge on any atom is -0.550 e. The molecule has 70 valence electrons. The average Bonchev–Trinajstić information content (AvgIpc) is 1.82. The Kier molecular flexibility index (Phi) is 3.36. The van der Waals surface area contributed by atoms with Gasteiger partial charge in [0.25, 0.3) is 0 Å². The van der Waals surface area contributed by atoms with Gasteiger partial charge in [0.15, 0.2) is 6.10 Å². The van der Waals surface area contributed by atoms with Crippen molar-refractivity contribution >= 4 is 11.9 Å². The lowest BCUT2D eigenvalue weighted by molar-refractivity contribution is -0.794. The maximum Gasteiger partial charge on any atom is 0.342 e. The molecule has 0 aliphatic carbocycles. The van der Waals surface area contributed by atoms with Crippen LogP contribution in [-0.4, -0.2) is 48.7 Å². The van der Waals surface area contributed by atoms with Crippen LogP contribution in [0.1, 0.15) is 6.42 Å². The first-order valence-electron chi connectivity index (χ1n) is 3.49. The van der Waals surface area contributed by atoms with Crippen molar-refractivity contribution in [3.8, 4) is 0 Å². The molecule has 0 aliphatic rings. The Balaban J connectivity index is 4.21. The highest BCUT2D eigenvalue weighted by molar-refractivity contribution is 5.79. The Labute approximate surface area is 70.8 Å². The smallest absolute Gasteiger partial charge is 0.342 e. The Bertz CT molecular complexity index is 194. The van der Waals surface area contributed by atoms with Crippen LogP contribution in [0.2, 0.25) is 0 Å². The summed E-state index contributed by atoms with van der Waals surface area (Å²) < 4.78 is -0.103. The third-order valence-corrected chi connectivity index (χ3v) is 1.31. The molecule has 1 N–H and O–H groups in total. The van der Waals surface area contributed by atoms with Crippen molar-refractivity contribution in [3.05, 3.63) is 0 Å². The van der Waals surface area contributed by atoms with Crippen LogP contribution in [-0.2, 0) is 9.59 Å². The van der Waals surface area contributed by atoms with Crippen molar-refractivity contribution in [2.45, 2.75) is 12.5 Å². The van der Waals surface area contributed by atoms with Gasteiger partial charge in [-0.2, -0.15) is 0 Å². The quantitative estimate of drug-likeness (QED) is 0.490. The zero-order valence-corrected chi connectivity index (χ0v) is 7.40. The fourth-order valence-corrected chi connectivity index (χ4v) is 0.692. The molecule has 1 atom stereocenters. The molecule has 5 heteroatoms. The van der Waals surface area contributed by atoms with Gasteiger partial charge in [-0.1, -0.05) is 0 Å². The highest BCUT2D eigenvalue weighted by Gasteiger charge is 2.28. The van der Waals surface area contributed by atoms with Crippen LogP contribution in [0.25, 0.3) is 0 Å². The molecule has 0 aliphatic heterocycles. The van der Waals surface area contributed by atoms with E-state index in [1.165, 1.54) is 0 Å². The number of quaternary nitrogens is 1. The molecule has 0 aromatic carbocycles. The van der Waals surface area contributed by atoms with Crippen molar-refractivity contribution < 1.29 is 24.3 Å². The molecule has 0 rings (SSSR count). The van der Waals surface area contributed by atoms with Gasteiger partial charge in [0, 0.05) is 12.4 Å².